The number of carbonyl (C=O) groups excluding carboxylic acids is 2. The lowest BCUT2D eigenvalue weighted by atomic mass is 10.1. The van der Waals surface area contributed by atoms with Crippen LogP contribution in [0.15, 0.2) is 71.5 Å². The SMILES string of the molecule is CN(C)c1ccc(/C=C(/NC(=O)c2ccccc2Cl)C(=O)N/N=C/c2cc3c(cc2[N+](=O)[O-])OCO3)cc1. The minimum absolute atomic E-state index is 0.0569. The van der Waals surface area contributed by atoms with Crippen LogP contribution in [0.25, 0.3) is 6.08 Å². The Morgan fingerprint density at radius 3 is 2.42 bits per heavy atom. The number of hydrazone groups is 1. The van der Waals surface area contributed by atoms with E-state index in [-0.39, 0.29) is 40.1 Å². The van der Waals surface area contributed by atoms with Crippen molar-refractivity contribution in [1.29, 1.82) is 0 Å². The van der Waals surface area contributed by atoms with Gasteiger partial charge in [-0.2, -0.15) is 5.10 Å². The number of ether oxygens (including phenoxy) is 2. The number of nitrogens with one attached hydrogen (secondary N) is 2. The molecule has 1 aliphatic heterocycles. The highest BCUT2D eigenvalue weighted by Gasteiger charge is 2.23. The fourth-order valence-electron chi connectivity index (χ4n) is 3.46. The molecule has 0 saturated heterocycles. The van der Waals surface area contributed by atoms with Crippen molar-refractivity contribution in [1.82, 2.24) is 10.7 Å². The van der Waals surface area contributed by atoms with E-state index in [9.17, 15) is 19.7 Å². The highest BCUT2D eigenvalue weighted by atomic mass is 35.5. The number of nitrogens with zero attached hydrogens (tertiary/aromatic N) is 3. The molecular formula is C26H22ClN5O6. The average molecular weight is 536 g/mol. The predicted molar refractivity (Wildman–Crippen MR) is 143 cm³/mol. The van der Waals surface area contributed by atoms with E-state index < -0.39 is 16.7 Å². The number of rotatable bonds is 8. The average Bonchev–Trinajstić information content (AvgIpc) is 3.35. The minimum atomic E-state index is -0.762. The zero-order chi connectivity index (χ0) is 27.2. The summed E-state index contributed by atoms with van der Waals surface area (Å²) >= 11 is 6.14. The Morgan fingerprint density at radius 1 is 1.08 bits per heavy atom. The van der Waals surface area contributed by atoms with E-state index in [1.807, 2.05) is 31.1 Å². The number of nitro benzene ring substituents is 1. The maximum atomic E-state index is 13.0. The molecule has 11 nitrogen and oxygen atoms in total. The molecule has 1 heterocycles. The highest BCUT2D eigenvalue weighted by molar-refractivity contribution is 6.34. The summed E-state index contributed by atoms with van der Waals surface area (Å²) in [5.74, 6) is -0.804. The Morgan fingerprint density at radius 2 is 1.76 bits per heavy atom. The van der Waals surface area contributed by atoms with Gasteiger partial charge in [-0.1, -0.05) is 35.9 Å². The van der Waals surface area contributed by atoms with E-state index in [0.717, 1.165) is 11.9 Å². The van der Waals surface area contributed by atoms with Crippen LogP contribution in [-0.4, -0.2) is 43.8 Å². The van der Waals surface area contributed by atoms with Crippen LogP contribution in [0.5, 0.6) is 11.5 Å². The number of benzene rings is 3. The van der Waals surface area contributed by atoms with Crippen molar-refractivity contribution in [2.45, 2.75) is 0 Å². The molecule has 0 aromatic heterocycles. The molecule has 0 unspecified atom stereocenters. The van der Waals surface area contributed by atoms with Crippen molar-refractivity contribution in [3.63, 3.8) is 0 Å². The van der Waals surface area contributed by atoms with Crippen molar-refractivity contribution < 1.29 is 24.0 Å². The predicted octanol–water partition coefficient (Wildman–Crippen LogP) is 3.96. The molecule has 3 aromatic carbocycles. The monoisotopic (exact) mass is 535 g/mol. The fraction of sp³-hybridized carbons (Fsp3) is 0.115. The molecule has 0 spiro atoms. The second kappa shape index (κ2) is 11.4. The summed E-state index contributed by atoms with van der Waals surface area (Å²) in [4.78, 5) is 38.7. The third kappa shape index (κ3) is 6.08. The normalized spacial score (nSPS) is 12.3. The minimum Gasteiger partial charge on any atom is -0.454 e. The van der Waals surface area contributed by atoms with E-state index >= 15 is 0 Å². The van der Waals surface area contributed by atoms with Gasteiger partial charge in [0.05, 0.1) is 33.4 Å². The molecule has 0 bridgehead atoms. The zero-order valence-corrected chi connectivity index (χ0v) is 21.1. The molecule has 0 aliphatic carbocycles. The number of nitro groups is 1. The third-order valence-electron chi connectivity index (χ3n) is 5.42. The van der Waals surface area contributed by atoms with Gasteiger partial charge >= 0.3 is 0 Å². The molecule has 3 aromatic rings. The van der Waals surface area contributed by atoms with E-state index in [0.29, 0.717) is 11.3 Å². The maximum Gasteiger partial charge on any atom is 0.287 e. The lowest BCUT2D eigenvalue weighted by Gasteiger charge is -2.13. The van der Waals surface area contributed by atoms with Crippen molar-refractivity contribution in [3.8, 4) is 11.5 Å². The van der Waals surface area contributed by atoms with Crippen molar-refractivity contribution in [3.05, 3.63) is 98.2 Å². The van der Waals surface area contributed by atoms with E-state index in [2.05, 4.69) is 15.8 Å². The van der Waals surface area contributed by atoms with E-state index in [1.54, 1.807) is 30.3 Å². The van der Waals surface area contributed by atoms with Crippen LogP contribution in [0, 0.1) is 10.1 Å². The molecule has 0 atom stereocenters. The smallest absolute Gasteiger partial charge is 0.287 e. The first-order valence-electron chi connectivity index (χ1n) is 11.2. The second-order valence-corrected chi connectivity index (χ2v) is 8.61. The van der Waals surface area contributed by atoms with Crippen LogP contribution < -0.4 is 25.1 Å². The largest absolute Gasteiger partial charge is 0.454 e. The van der Waals surface area contributed by atoms with Crippen LogP contribution in [0.1, 0.15) is 21.5 Å². The maximum absolute atomic E-state index is 13.0. The lowest BCUT2D eigenvalue weighted by Crippen LogP contribution is -2.33. The van der Waals surface area contributed by atoms with Crippen molar-refractivity contribution in [2.24, 2.45) is 5.10 Å². The standard InChI is InChI=1S/C26H22ClN5O6/c1-31(2)18-9-7-16(8-10-18)11-21(29-25(33)19-5-3-4-6-20(19)27)26(34)30-28-14-17-12-23-24(38-15-37-23)13-22(17)32(35)36/h3-14H,15H2,1-2H3,(H,29,33)(H,30,34)/b21-11+,28-14+. The lowest BCUT2D eigenvalue weighted by molar-refractivity contribution is -0.385. The number of fused-ring (bicyclic) bond motifs is 1. The molecular weight excluding hydrogens is 514 g/mol. The molecule has 0 radical (unpaired) electrons. The molecule has 0 saturated carbocycles. The van der Waals surface area contributed by atoms with Crippen LogP contribution in [0.3, 0.4) is 0 Å². The fourth-order valence-corrected chi connectivity index (χ4v) is 3.68. The van der Waals surface area contributed by atoms with Crippen LogP contribution in [0.2, 0.25) is 5.02 Å². The summed E-state index contributed by atoms with van der Waals surface area (Å²) in [5, 5.41) is 18.1. The zero-order valence-electron chi connectivity index (χ0n) is 20.3. The second-order valence-electron chi connectivity index (χ2n) is 8.20. The van der Waals surface area contributed by atoms with Gasteiger partial charge in [-0.3, -0.25) is 19.7 Å². The van der Waals surface area contributed by atoms with Gasteiger partial charge in [0.25, 0.3) is 17.5 Å². The summed E-state index contributed by atoms with van der Waals surface area (Å²) in [7, 11) is 3.80. The summed E-state index contributed by atoms with van der Waals surface area (Å²) in [6.45, 7) is -0.0569. The summed E-state index contributed by atoms with van der Waals surface area (Å²) in [6, 6.07) is 16.3. The Kier molecular flexibility index (Phi) is 7.88. The molecule has 2 N–H and O–H groups in total. The van der Waals surface area contributed by atoms with Crippen molar-refractivity contribution >= 4 is 47.1 Å². The summed E-state index contributed by atoms with van der Waals surface area (Å²) in [5.41, 5.74) is 3.74. The van der Waals surface area contributed by atoms with Gasteiger partial charge in [0.2, 0.25) is 6.79 Å². The summed E-state index contributed by atoms with van der Waals surface area (Å²) < 4.78 is 10.4. The highest BCUT2D eigenvalue weighted by Crippen LogP contribution is 2.37. The number of amides is 2. The number of halogens is 1. The van der Waals surface area contributed by atoms with Crippen LogP contribution in [0.4, 0.5) is 11.4 Å². The Hall–Kier alpha value is -4.90. The number of carbonyl (C=O) groups is 2. The van der Waals surface area contributed by atoms with Crippen LogP contribution >= 0.6 is 11.6 Å². The number of hydrogen-bond donors (Lipinski definition) is 2. The Balaban J connectivity index is 1.59. The van der Waals surface area contributed by atoms with E-state index in [4.69, 9.17) is 21.1 Å². The molecule has 194 valence electrons. The van der Waals surface area contributed by atoms with Gasteiger partial charge in [-0.25, -0.2) is 5.43 Å². The Labute approximate surface area is 222 Å². The van der Waals surface area contributed by atoms with Gasteiger partial charge in [0.15, 0.2) is 11.5 Å². The van der Waals surface area contributed by atoms with Crippen LogP contribution in [-0.2, 0) is 4.79 Å². The molecule has 2 amide bonds. The first kappa shape index (κ1) is 26.2. The number of hydrogen-bond acceptors (Lipinski definition) is 8. The number of anilines is 1. The molecule has 4 rings (SSSR count). The van der Waals surface area contributed by atoms with Gasteiger partial charge in [-0.05, 0) is 42.0 Å². The molecule has 12 heteroatoms. The van der Waals surface area contributed by atoms with E-state index in [1.165, 1.54) is 24.3 Å². The molecule has 0 fully saturated rings. The summed E-state index contributed by atoms with van der Waals surface area (Å²) in [6.07, 6.45) is 2.58. The van der Waals surface area contributed by atoms with Gasteiger partial charge in [0.1, 0.15) is 5.70 Å². The van der Waals surface area contributed by atoms with Gasteiger partial charge < -0.3 is 19.7 Å². The third-order valence-corrected chi connectivity index (χ3v) is 5.75. The molecule has 38 heavy (non-hydrogen) atoms. The topological polar surface area (TPSA) is 135 Å². The Bertz CT molecular complexity index is 1450. The first-order valence-corrected chi connectivity index (χ1v) is 11.6. The molecule has 1 aliphatic rings. The van der Waals surface area contributed by atoms with Crippen molar-refractivity contribution in [2.75, 3.05) is 25.8 Å². The quantitative estimate of drug-likeness (QED) is 0.193. The first-order chi connectivity index (χ1) is 18.2. The van der Waals surface area contributed by atoms with Gasteiger partial charge in [-0.15, -0.1) is 0 Å². The van der Waals surface area contributed by atoms with Gasteiger partial charge in [0, 0.05) is 19.8 Å².